The maximum Gasteiger partial charge on any atom is 0.0490 e. The number of rotatable bonds is 3. The molecule has 3 fully saturated rings. The van der Waals surface area contributed by atoms with Gasteiger partial charge in [-0.05, 0) is 73.5 Å². The summed E-state index contributed by atoms with van der Waals surface area (Å²) in [6.07, 6.45) is 6.80. The van der Waals surface area contributed by atoms with Gasteiger partial charge in [-0.2, -0.15) is 0 Å². The topological polar surface area (TPSA) is 40.5 Å². The Labute approximate surface area is 125 Å². The largest absolute Gasteiger partial charge is 0.397 e. The summed E-state index contributed by atoms with van der Waals surface area (Å²) in [6, 6.07) is 0. The van der Waals surface area contributed by atoms with Crippen molar-refractivity contribution in [2.24, 2.45) is 40.9 Å². The lowest BCUT2D eigenvalue weighted by Crippen LogP contribution is -2.40. The molecule has 0 aliphatic heterocycles. The van der Waals surface area contributed by atoms with Crippen LogP contribution >= 0.6 is 0 Å². The number of aliphatic hydroxyl groups is 2. The number of aliphatic hydroxyl groups excluding tert-OH is 2. The molecule has 3 rings (SSSR count). The van der Waals surface area contributed by atoms with E-state index in [-0.39, 0.29) is 6.61 Å². The van der Waals surface area contributed by atoms with Crippen LogP contribution in [-0.2, 0) is 0 Å². The second kappa shape index (κ2) is 6.36. The Bertz CT molecular complexity index is 311. The molecule has 2 N–H and O–H groups in total. The van der Waals surface area contributed by atoms with Crippen molar-refractivity contribution in [2.45, 2.75) is 59.8 Å². The van der Waals surface area contributed by atoms with Gasteiger partial charge in [0.1, 0.15) is 0 Å². The summed E-state index contributed by atoms with van der Waals surface area (Å²) in [5.41, 5.74) is 0.308. The minimum Gasteiger partial charge on any atom is -0.397 e. The molecule has 20 heavy (non-hydrogen) atoms. The fraction of sp³-hybridized carbons (Fsp3) is 1.00. The van der Waals surface area contributed by atoms with Crippen molar-refractivity contribution >= 4 is 0 Å². The molecule has 118 valence electrons. The number of hydrogen-bond acceptors (Lipinski definition) is 2. The zero-order valence-electron chi connectivity index (χ0n) is 13.8. The Morgan fingerprint density at radius 3 is 2.20 bits per heavy atom. The summed E-state index contributed by atoms with van der Waals surface area (Å²) in [6.45, 7) is 9.52. The third-order valence-electron chi connectivity index (χ3n) is 6.88. The quantitative estimate of drug-likeness (QED) is 0.828. The van der Waals surface area contributed by atoms with E-state index in [2.05, 4.69) is 20.8 Å². The zero-order chi connectivity index (χ0) is 14.9. The minimum absolute atomic E-state index is 0.250. The maximum absolute atomic E-state index is 9.87. The van der Waals surface area contributed by atoms with Gasteiger partial charge in [0.05, 0.1) is 0 Å². The van der Waals surface area contributed by atoms with Crippen molar-refractivity contribution in [3.05, 3.63) is 0 Å². The Hall–Kier alpha value is -0.0800. The van der Waals surface area contributed by atoms with Gasteiger partial charge in [-0.1, -0.05) is 27.2 Å². The van der Waals surface area contributed by atoms with Gasteiger partial charge in [-0.3, -0.25) is 0 Å². The molecule has 3 saturated carbocycles. The van der Waals surface area contributed by atoms with E-state index in [0.29, 0.717) is 12.0 Å². The summed E-state index contributed by atoms with van der Waals surface area (Å²) in [4.78, 5) is 0. The maximum atomic E-state index is 9.87. The molecule has 3 aliphatic carbocycles. The summed E-state index contributed by atoms with van der Waals surface area (Å²) in [7, 11) is 0. The van der Waals surface area contributed by atoms with E-state index in [0.717, 1.165) is 35.5 Å². The average Bonchev–Trinajstić information content (AvgIpc) is 3.09. The van der Waals surface area contributed by atoms with Gasteiger partial charge in [0.25, 0.3) is 0 Å². The molecule has 2 heteroatoms. The summed E-state index contributed by atoms with van der Waals surface area (Å²) >= 11 is 0. The molecule has 0 radical (unpaired) electrons. The molecule has 0 heterocycles. The molecule has 0 aromatic rings. The Kier molecular flexibility index (Phi) is 5.18. The van der Waals surface area contributed by atoms with Crippen LogP contribution < -0.4 is 0 Å². The molecule has 2 nitrogen and oxygen atoms in total. The Morgan fingerprint density at radius 1 is 1.05 bits per heavy atom. The van der Waals surface area contributed by atoms with E-state index < -0.39 is 0 Å². The van der Waals surface area contributed by atoms with Crippen LogP contribution in [0.1, 0.15) is 59.8 Å². The first-order chi connectivity index (χ1) is 9.58. The van der Waals surface area contributed by atoms with Gasteiger partial charge in [0.15, 0.2) is 0 Å². The van der Waals surface area contributed by atoms with Crippen LogP contribution in [0.25, 0.3) is 0 Å². The molecule has 3 aliphatic rings. The third-order valence-corrected chi connectivity index (χ3v) is 6.88. The van der Waals surface area contributed by atoms with E-state index in [1.54, 1.807) is 6.92 Å². The molecular weight excluding hydrogens is 248 g/mol. The lowest BCUT2D eigenvalue weighted by atomic mass is 9.62. The van der Waals surface area contributed by atoms with E-state index in [1.807, 2.05) is 0 Å². The van der Waals surface area contributed by atoms with Crippen molar-refractivity contribution in [1.82, 2.24) is 0 Å². The second-order valence-electron chi connectivity index (χ2n) is 7.53. The van der Waals surface area contributed by atoms with Gasteiger partial charge in [0, 0.05) is 13.2 Å². The van der Waals surface area contributed by atoms with Crippen LogP contribution in [0.15, 0.2) is 0 Å². The first-order valence-corrected chi connectivity index (χ1v) is 8.80. The van der Waals surface area contributed by atoms with Crippen LogP contribution in [0.5, 0.6) is 0 Å². The van der Waals surface area contributed by atoms with Crippen LogP contribution in [0, 0.1) is 40.9 Å². The molecule has 0 aromatic heterocycles. The van der Waals surface area contributed by atoms with Gasteiger partial charge >= 0.3 is 0 Å². The van der Waals surface area contributed by atoms with Gasteiger partial charge in [-0.15, -0.1) is 0 Å². The Balaban J connectivity index is 0.000000452. The molecule has 0 spiro atoms. The van der Waals surface area contributed by atoms with Crippen molar-refractivity contribution in [1.29, 1.82) is 0 Å². The van der Waals surface area contributed by atoms with Gasteiger partial charge in [0.2, 0.25) is 0 Å². The number of hydrogen-bond donors (Lipinski definition) is 2. The van der Waals surface area contributed by atoms with E-state index in [4.69, 9.17) is 5.11 Å². The standard InChI is InChI=1S/C16H28O.C2H6O/c1-4-11-6-10(3)14-13-7-12(15(11)14)8-16(13,5-2)9-17;1-2-3/h10-15,17H,4-9H2,1-3H3;3H,2H2,1H3. The smallest absolute Gasteiger partial charge is 0.0490 e. The van der Waals surface area contributed by atoms with Crippen LogP contribution in [-0.4, -0.2) is 23.4 Å². The Morgan fingerprint density at radius 2 is 1.70 bits per heavy atom. The fourth-order valence-corrected chi connectivity index (χ4v) is 6.18. The van der Waals surface area contributed by atoms with Crippen LogP contribution in [0.4, 0.5) is 0 Å². The third kappa shape index (κ3) is 2.33. The zero-order valence-corrected chi connectivity index (χ0v) is 13.8. The van der Waals surface area contributed by atoms with Crippen molar-refractivity contribution in [2.75, 3.05) is 13.2 Å². The first-order valence-electron chi connectivity index (χ1n) is 8.80. The summed E-state index contributed by atoms with van der Waals surface area (Å²) < 4.78 is 0. The second-order valence-corrected chi connectivity index (χ2v) is 7.53. The SMILES string of the molecule is CCC1CC(C)C2C1C1CC2C(CC)(CO)C1.CCO. The molecule has 2 bridgehead atoms. The molecular formula is C18H34O2. The molecule has 0 saturated heterocycles. The van der Waals surface area contributed by atoms with Crippen molar-refractivity contribution in [3.8, 4) is 0 Å². The lowest BCUT2D eigenvalue weighted by Gasteiger charge is -2.43. The highest BCUT2D eigenvalue weighted by Crippen LogP contribution is 2.69. The van der Waals surface area contributed by atoms with Gasteiger partial charge < -0.3 is 10.2 Å². The normalized spacial score (nSPS) is 48.9. The predicted octanol–water partition coefficient (Wildman–Crippen LogP) is 3.71. The average molecular weight is 282 g/mol. The van der Waals surface area contributed by atoms with E-state index >= 15 is 0 Å². The summed E-state index contributed by atoms with van der Waals surface area (Å²) in [5.74, 6) is 5.68. The van der Waals surface area contributed by atoms with Crippen LogP contribution in [0.2, 0.25) is 0 Å². The lowest BCUT2D eigenvalue weighted by molar-refractivity contribution is 0.00191. The minimum atomic E-state index is 0.250. The molecule has 7 unspecified atom stereocenters. The first kappa shape index (κ1) is 16.3. The predicted molar refractivity (Wildman–Crippen MR) is 83.3 cm³/mol. The fourth-order valence-electron chi connectivity index (χ4n) is 6.18. The monoisotopic (exact) mass is 282 g/mol. The molecule has 0 amide bonds. The summed E-state index contributed by atoms with van der Waals surface area (Å²) in [5, 5.41) is 17.4. The highest BCUT2D eigenvalue weighted by Gasteiger charge is 2.63. The highest BCUT2D eigenvalue weighted by molar-refractivity contribution is 5.11. The van der Waals surface area contributed by atoms with Crippen molar-refractivity contribution < 1.29 is 10.2 Å². The highest BCUT2D eigenvalue weighted by atomic mass is 16.3. The van der Waals surface area contributed by atoms with Crippen LogP contribution in [0.3, 0.4) is 0 Å². The van der Waals surface area contributed by atoms with E-state index in [9.17, 15) is 5.11 Å². The molecule has 7 atom stereocenters. The van der Waals surface area contributed by atoms with Gasteiger partial charge in [-0.25, -0.2) is 0 Å². The molecule has 0 aromatic carbocycles. The van der Waals surface area contributed by atoms with E-state index in [1.165, 1.54) is 32.1 Å². The van der Waals surface area contributed by atoms with Crippen molar-refractivity contribution in [3.63, 3.8) is 0 Å². The number of fused-ring (bicyclic) bond motifs is 5.